The van der Waals surface area contributed by atoms with Crippen LogP contribution in [0.1, 0.15) is 0 Å². The van der Waals surface area contributed by atoms with Crippen LogP contribution in [0.2, 0.25) is 0 Å². The first-order valence-electron chi connectivity index (χ1n) is 4.19. The number of nitrogens with zero attached hydrogens (tertiary/aromatic N) is 2. The summed E-state index contributed by atoms with van der Waals surface area (Å²) in [6.07, 6.45) is 1.46. The average Bonchev–Trinajstić information content (AvgIpc) is 2.88. The molecule has 0 amide bonds. The molecular formula is C9H7N3O2. The lowest BCUT2D eigenvalue weighted by molar-refractivity contribution is 0.174. The van der Waals surface area contributed by atoms with Crippen molar-refractivity contribution in [2.75, 3.05) is 6.79 Å². The summed E-state index contributed by atoms with van der Waals surface area (Å²) in [4.78, 5) is 4.06. The molecular weight excluding hydrogens is 182 g/mol. The van der Waals surface area contributed by atoms with E-state index < -0.39 is 0 Å². The SMILES string of the molecule is c1cc2c(c(-c3ncn[nH]3)c1)OCO2. The standard InChI is InChI=1S/C9H7N3O2/c1-2-6(9-10-4-11-12-9)8-7(3-1)13-5-14-8/h1-4H,5H2,(H,10,11,12). The van der Waals surface area contributed by atoms with Crippen molar-refractivity contribution in [3.8, 4) is 22.9 Å². The van der Waals surface area contributed by atoms with Gasteiger partial charge >= 0.3 is 0 Å². The van der Waals surface area contributed by atoms with Gasteiger partial charge in [0.05, 0.1) is 5.56 Å². The molecule has 0 saturated carbocycles. The summed E-state index contributed by atoms with van der Waals surface area (Å²) in [7, 11) is 0. The number of nitrogens with one attached hydrogen (secondary N) is 1. The van der Waals surface area contributed by atoms with Crippen LogP contribution in [-0.4, -0.2) is 22.0 Å². The molecule has 5 heteroatoms. The number of aromatic amines is 1. The molecule has 2 heterocycles. The van der Waals surface area contributed by atoms with E-state index in [-0.39, 0.29) is 6.79 Å². The molecule has 14 heavy (non-hydrogen) atoms. The van der Waals surface area contributed by atoms with E-state index in [9.17, 15) is 0 Å². The van der Waals surface area contributed by atoms with Crippen molar-refractivity contribution in [3.63, 3.8) is 0 Å². The maximum atomic E-state index is 5.34. The van der Waals surface area contributed by atoms with E-state index >= 15 is 0 Å². The second-order valence-electron chi connectivity index (χ2n) is 2.87. The van der Waals surface area contributed by atoms with Crippen LogP contribution in [0.3, 0.4) is 0 Å². The second-order valence-corrected chi connectivity index (χ2v) is 2.87. The Morgan fingerprint density at radius 1 is 1.29 bits per heavy atom. The molecule has 0 fully saturated rings. The Morgan fingerprint density at radius 3 is 3.14 bits per heavy atom. The third kappa shape index (κ3) is 0.953. The predicted molar refractivity (Wildman–Crippen MR) is 47.9 cm³/mol. The average molecular weight is 189 g/mol. The number of para-hydroxylation sites is 1. The van der Waals surface area contributed by atoms with E-state index in [2.05, 4.69) is 15.2 Å². The molecule has 1 aliphatic heterocycles. The summed E-state index contributed by atoms with van der Waals surface area (Å²) in [5.41, 5.74) is 0.873. The number of hydrogen-bond donors (Lipinski definition) is 1. The highest BCUT2D eigenvalue weighted by atomic mass is 16.7. The van der Waals surface area contributed by atoms with Gasteiger partial charge in [0.15, 0.2) is 17.3 Å². The third-order valence-corrected chi connectivity index (χ3v) is 2.07. The fourth-order valence-electron chi connectivity index (χ4n) is 1.45. The fraction of sp³-hybridized carbons (Fsp3) is 0.111. The van der Waals surface area contributed by atoms with Gasteiger partial charge in [-0.1, -0.05) is 6.07 Å². The highest BCUT2D eigenvalue weighted by Crippen LogP contribution is 2.39. The molecule has 1 aromatic carbocycles. The maximum absolute atomic E-state index is 5.34. The molecule has 0 spiro atoms. The number of hydrogen-bond acceptors (Lipinski definition) is 4. The summed E-state index contributed by atoms with van der Waals surface area (Å²) < 4.78 is 10.6. The van der Waals surface area contributed by atoms with Gasteiger partial charge in [0.2, 0.25) is 6.79 Å². The Labute approximate surface area is 79.7 Å². The predicted octanol–water partition coefficient (Wildman–Crippen LogP) is 1.20. The topological polar surface area (TPSA) is 60.0 Å². The largest absolute Gasteiger partial charge is 0.454 e. The highest BCUT2D eigenvalue weighted by Gasteiger charge is 2.19. The summed E-state index contributed by atoms with van der Waals surface area (Å²) in [5.74, 6) is 2.16. The van der Waals surface area contributed by atoms with Gasteiger partial charge in [0, 0.05) is 0 Å². The van der Waals surface area contributed by atoms with Crippen molar-refractivity contribution in [1.82, 2.24) is 15.2 Å². The molecule has 2 aromatic rings. The van der Waals surface area contributed by atoms with Gasteiger partial charge in [-0.2, -0.15) is 5.10 Å². The van der Waals surface area contributed by atoms with Crippen molar-refractivity contribution >= 4 is 0 Å². The van der Waals surface area contributed by atoms with Crippen molar-refractivity contribution < 1.29 is 9.47 Å². The maximum Gasteiger partial charge on any atom is 0.231 e. The van der Waals surface area contributed by atoms with Gasteiger partial charge in [-0.3, -0.25) is 5.10 Å². The van der Waals surface area contributed by atoms with E-state index in [1.807, 2.05) is 18.2 Å². The minimum Gasteiger partial charge on any atom is -0.454 e. The van der Waals surface area contributed by atoms with Crippen LogP contribution in [0.4, 0.5) is 0 Å². The van der Waals surface area contributed by atoms with Gasteiger partial charge in [-0.05, 0) is 12.1 Å². The Balaban J connectivity index is 2.20. The van der Waals surface area contributed by atoms with Gasteiger partial charge in [-0.25, -0.2) is 4.98 Å². The van der Waals surface area contributed by atoms with E-state index in [0.717, 1.165) is 17.1 Å². The van der Waals surface area contributed by atoms with Crippen LogP contribution in [0.15, 0.2) is 24.5 Å². The molecule has 0 atom stereocenters. The minimum atomic E-state index is 0.264. The molecule has 1 aliphatic rings. The number of rotatable bonds is 1. The lowest BCUT2D eigenvalue weighted by atomic mass is 10.2. The smallest absolute Gasteiger partial charge is 0.231 e. The third-order valence-electron chi connectivity index (χ3n) is 2.07. The number of aromatic nitrogens is 3. The van der Waals surface area contributed by atoms with Crippen molar-refractivity contribution in [1.29, 1.82) is 0 Å². The summed E-state index contributed by atoms with van der Waals surface area (Å²) in [6.45, 7) is 0.264. The zero-order valence-corrected chi connectivity index (χ0v) is 7.23. The van der Waals surface area contributed by atoms with E-state index in [1.54, 1.807) is 0 Å². The molecule has 5 nitrogen and oxygen atoms in total. The van der Waals surface area contributed by atoms with E-state index in [4.69, 9.17) is 9.47 Å². The van der Waals surface area contributed by atoms with Crippen LogP contribution in [0.25, 0.3) is 11.4 Å². The number of benzene rings is 1. The lowest BCUT2D eigenvalue weighted by Crippen LogP contribution is -1.93. The molecule has 0 radical (unpaired) electrons. The fourth-order valence-corrected chi connectivity index (χ4v) is 1.45. The number of ether oxygens (including phenoxy) is 2. The monoisotopic (exact) mass is 189 g/mol. The highest BCUT2D eigenvalue weighted by molar-refractivity contribution is 5.68. The first kappa shape index (κ1) is 7.37. The molecule has 1 aromatic heterocycles. The van der Waals surface area contributed by atoms with Crippen LogP contribution in [-0.2, 0) is 0 Å². The molecule has 0 saturated heterocycles. The molecule has 1 N–H and O–H groups in total. The first-order valence-corrected chi connectivity index (χ1v) is 4.19. The van der Waals surface area contributed by atoms with Crippen LogP contribution < -0.4 is 9.47 Å². The van der Waals surface area contributed by atoms with Crippen LogP contribution >= 0.6 is 0 Å². The molecule has 0 bridgehead atoms. The molecule has 0 unspecified atom stereocenters. The van der Waals surface area contributed by atoms with Crippen LogP contribution in [0.5, 0.6) is 11.5 Å². The van der Waals surface area contributed by atoms with Gasteiger partial charge < -0.3 is 9.47 Å². The summed E-state index contributed by atoms with van der Waals surface area (Å²) in [5, 5.41) is 6.58. The molecule has 70 valence electrons. The molecule has 0 aliphatic carbocycles. The second kappa shape index (κ2) is 2.73. The van der Waals surface area contributed by atoms with Gasteiger partial charge in [-0.15, -0.1) is 0 Å². The summed E-state index contributed by atoms with van der Waals surface area (Å²) >= 11 is 0. The Morgan fingerprint density at radius 2 is 2.29 bits per heavy atom. The number of H-pyrrole nitrogens is 1. The minimum absolute atomic E-state index is 0.264. The van der Waals surface area contributed by atoms with Crippen molar-refractivity contribution in [3.05, 3.63) is 24.5 Å². The van der Waals surface area contributed by atoms with Crippen molar-refractivity contribution in [2.45, 2.75) is 0 Å². The zero-order chi connectivity index (χ0) is 9.38. The van der Waals surface area contributed by atoms with Crippen molar-refractivity contribution in [2.24, 2.45) is 0 Å². The first-order chi connectivity index (χ1) is 6.95. The quantitative estimate of drug-likeness (QED) is 0.732. The lowest BCUT2D eigenvalue weighted by Gasteiger charge is -2.00. The Bertz CT molecular complexity index is 453. The molecule has 3 rings (SSSR count). The summed E-state index contributed by atoms with van der Waals surface area (Å²) in [6, 6.07) is 5.67. The zero-order valence-electron chi connectivity index (χ0n) is 7.23. The normalized spacial score (nSPS) is 13.1. The Hall–Kier alpha value is -2.04. The van der Waals surface area contributed by atoms with Gasteiger partial charge in [0.25, 0.3) is 0 Å². The Kier molecular flexibility index (Phi) is 1.44. The number of fused-ring (bicyclic) bond motifs is 1. The van der Waals surface area contributed by atoms with E-state index in [1.165, 1.54) is 6.33 Å². The van der Waals surface area contributed by atoms with Crippen LogP contribution in [0, 0.1) is 0 Å². The van der Waals surface area contributed by atoms with E-state index in [0.29, 0.717) is 5.82 Å². The van der Waals surface area contributed by atoms with Gasteiger partial charge in [0.1, 0.15) is 6.33 Å².